The largest absolute Gasteiger partial charge is 0.444 e. The van der Waals surface area contributed by atoms with Crippen LogP contribution in [0.5, 0.6) is 0 Å². The number of nitrogens with zero attached hydrogens (tertiary/aromatic N) is 1. The third-order valence-electron chi connectivity index (χ3n) is 5.87. The van der Waals surface area contributed by atoms with Gasteiger partial charge in [-0.1, -0.05) is 47.6 Å². The number of hydrogen-bond donors (Lipinski definition) is 0. The van der Waals surface area contributed by atoms with E-state index in [0.29, 0.717) is 21.5 Å². The summed E-state index contributed by atoms with van der Waals surface area (Å²) >= 11 is 0. The number of amides is 1. The van der Waals surface area contributed by atoms with Crippen LogP contribution in [0.25, 0.3) is 0 Å². The summed E-state index contributed by atoms with van der Waals surface area (Å²) in [5, 5.41) is 0. The predicted molar refractivity (Wildman–Crippen MR) is 120 cm³/mol. The molecular weight excluding hydrogens is 423 g/mol. The summed E-state index contributed by atoms with van der Waals surface area (Å²) < 4.78 is 51.5. The summed E-state index contributed by atoms with van der Waals surface area (Å²) in [5.41, 5.74) is 3.73. The standard InChI is InChI=1S/C23H38F3NO3Si/c1-11-19-18(13-12-14-31(15(2)3,16(4)5)17(6)7)27(20(29-19)23(24,25)26)21(28)30-22(8,9)10/h11,15-20H,1,13H2,2-10H3/t18-,19-,20-/m0/s1. The lowest BCUT2D eigenvalue weighted by molar-refractivity contribution is -0.240. The zero-order chi connectivity index (χ0) is 24.4. The van der Waals surface area contributed by atoms with Crippen LogP contribution in [0.3, 0.4) is 0 Å². The number of rotatable bonds is 5. The molecule has 1 aliphatic heterocycles. The Labute approximate surface area is 186 Å². The van der Waals surface area contributed by atoms with E-state index in [1.54, 1.807) is 20.8 Å². The summed E-state index contributed by atoms with van der Waals surface area (Å²) in [6, 6.07) is -0.926. The Bertz CT molecular complexity index is 680. The summed E-state index contributed by atoms with van der Waals surface area (Å²) in [4.78, 5) is 13.4. The number of halogens is 3. The number of carbonyl (C=O) groups is 1. The Kier molecular flexibility index (Phi) is 8.89. The highest BCUT2D eigenvalue weighted by atomic mass is 28.3. The second-order valence-corrected chi connectivity index (χ2v) is 15.7. The van der Waals surface area contributed by atoms with Gasteiger partial charge in [-0.25, -0.2) is 4.79 Å². The summed E-state index contributed by atoms with van der Waals surface area (Å²) in [7, 11) is -2.06. The normalized spacial score (nSPS) is 22.7. The molecule has 0 unspecified atom stereocenters. The maximum absolute atomic E-state index is 13.7. The zero-order valence-electron chi connectivity index (χ0n) is 20.3. The van der Waals surface area contributed by atoms with E-state index >= 15 is 0 Å². The van der Waals surface area contributed by atoms with Gasteiger partial charge in [0.25, 0.3) is 0 Å². The van der Waals surface area contributed by atoms with E-state index in [1.807, 2.05) is 0 Å². The lowest BCUT2D eigenvalue weighted by Gasteiger charge is -2.38. The van der Waals surface area contributed by atoms with Gasteiger partial charge in [0.15, 0.2) is 0 Å². The molecule has 0 saturated carbocycles. The minimum absolute atomic E-state index is 0.0589. The van der Waals surface area contributed by atoms with E-state index in [2.05, 4.69) is 59.6 Å². The quantitative estimate of drug-likeness (QED) is 0.260. The molecule has 1 heterocycles. The smallest absolute Gasteiger partial charge is 0.433 e. The molecule has 0 spiro atoms. The highest BCUT2D eigenvalue weighted by Crippen LogP contribution is 2.41. The fourth-order valence-electron chi connectivity index (χ4n) is 4.59. The molecule has 3 atom stereocenters. The van der Waals surface area contributed by atoms with Gasteiger partial charge in [0.05, 0.1) is 12.1 Å². The Morgan fingerprint density at radius 1 is 1.13 bits per heavy atom. The molecule has 0 aromatic rings. The fraction of sp³-hybridized carbons (Fsp3) is 0.783. The van der Waals surface area contributed by atoms with Gasteiger partial charge in [0.2, 0.25) is 6.23 Å². The molecule has 0 radical (unpaired) electrons. The first-order valence-corrected chi connectivity index (χ1v) is 13.1. The SMILES string of the molecule is C=C[C@@H]1O[C@@H](C(F)(F)F)N(C(=O)OC(C)(C)C)[C@H]1CC#C[Si](C(C)C)(C(C)C)C(C)C. The molecule has 1 amide bonds. The van der Waals surface area contributed by atoms with Gasteiger partial charge < -0.3 is 9.47 Å². The molecule has 0 bridgehead atoms. The van der Waals surface area contributed by atoms with Crippen LogP contribution < -0.4 is 0 Å². The molecular formula is C23H38F3NO3Si. The van der Waals surface area contributed by atoms with Gasteiger partial charge in [-0.05, 0) is 37.4 Å². The van der Waals surface area contributed by atoms with Gasteiger partial charge in [-0.2, -0.15) is 13.2 Å². The van der Waals surface area contributed by atoms with Crippen molar-refractivity contribution in [3.63, 3.8) is 0 Å². The minimum atomic E-state index is -4.76. The van der Waals surface area contributed by atoms with Crippen LogP contribution in [-0.2, 0) is 9.47 Å². The Balaban J connectivity index is 3.37. The number of alkyl halides is 3. The maximum Gasteiger partial charge on any atom is 0.433 e. The molecule has 31 heavy (non-hydrogen) atoms. The zero-order valence-corrected chi connectivity index (χ0v) is 21.3. The summed E-state index contributed by atoms with van der Waals surface area (Å²) in [5.74, 6) is 3.16. The molecule has 0 N–H and O–H groups in total. The predicted octanol–water partition coefficient (Wildman–Crippen LogP) is 6.68. The first-order valence-electron chi connectivity index (χ1n) is 10.8. The molecule has 0 aliphatic carbocycles. The van der Waals surface area contributed by atoms with Gasteiger partial charge in [-0.15, -0.1) is 18.0 Å². The molecule has 0 aromatic carbocycles. The Hall–Kier alpha value is -1.46. The number of hydrogen-bond acceptors (Lipinski definition) is 3. The fourth-order valence-corrected chi connectivity index (χ4v) is 9.86. The Morgan fingerprint density at radius 3 is 1.97 bits per heavy atom. The first kappa shape index (κ1) is 27.6. The van der Waals surface area contributed by atoms with Crippen molar-refractivity contribution in [2.45, 2.75) is 116 Å². The monoisotopic (exact) mass is 461 g/mol. The highest BCUT2D eigenvalue weighted by molar-refractivity contribution is 6.90. The van der Waals surface area contributed by atoms with Crippen LogP contribution in [-0.4, -0.2) is 49.2 Å². The van der Waals surface area contributed by atoms with Crippen LogP contribution in [0, 0.1) is 11.5 Å². The van der Waals surface area contributed by atoms with Crippen LogP contribution in [0.4, 0.5) is 18.0 Å². The van der Waals surface area contributed by atoms with Crippen molar-refractivity contribution in [3.8, 4) is 11.5 Å². The number of ether oxygens (including phenoxy) is 2. The highest BCUT2D eigenvalue weighted by Gasteiger charge is 2.57. The van der Waals surface area contributed by atoms with E-state index < -0.39 is 44.3 Å². The molecule has 0 aromatic heterocycles. The van der Waals surface area contributed by atoms with Crippen LogP contribution in [0.15, 0.2) is 12.7 Å². The molecule has 1 saturated heterocycles. The molecule has 178 valence electrons. The average molecular weight is 462 g/mol. The van der Waals surface area contributed by atoms with Gasteiger partial charge >= 0.3 is 12.3 Å². The molecule has 1 rings (SSSR count). The van der Waals surface area contributed by atoms with Gasteiger partial charge in [-0.3, -0.25) is 4.90 Å². The average Bonchev–Trinajstić information content (AvgIpc) is 2.95. The van der Waals surface area contributed by atoms with Crippen molar-refractivity contribution in [2.24, 2.45) is 0 Å². The molecule has 4 nitrogen and oxygen atoms in total. The van der Waals surface area contributed by atoms with Crippen molar-refractivity contribution < 1.29 is 27.4 Å². The molecule has 8 heteroatoms. The van der Waals surface area contributed by atoms with Crippen molar-refractivity contribution >= 4 is 14.2 Å². The van der Waals surface area contributed by atoms with E-state index in [9.17, 15) is 18.0 Å². The topological polar surface area (TPSA) is 38.8 Å². The van der Waals surface area contributed by atoms with E-state index in [0.717, 1.165) is 0 Å². The Morgan fingerprint density at radius 2 is 1.61 bits per heavy atom. The van der Waals surface area contributed by atoms with Crippen molar-refractivity contribution in [1.82, 2.24) is 4.90 Å². The second-order valence-electron chi connectivity index (χ2n) is 10.1. The number of carbonyl (C=O) groups excluding carboxylic acids is 1. The van der Waals surface area contributed by atoms with Crippen molar-refractivity contribution in [3.05, 3.63) is 12.7 Å². The maximum atomic E-state index is 13.7. The van der Waals surface area contributed by atoms with Gasteiger partial charge in [0.1, 0.15) is 13.7 Å². The first-order chi connectivity index (χ1) is 14.0. The van der Waals surface area contributed by atoms with Crippen LogP contribution in [0.2, 0.25) is 16.6 Å². The third-order valence-corrected chi connectivity index (χ3v) is 12.2. The lowest BCUT2D eigenvalue weighted by atomic mass is 10.1. The molecule has 1 fully saturated rings. The van der Waals surface area contributed by atoms with E-state index in [-0.39, 0.29) is 6.42 Å². The minimum Gasteiger partial charge on any atom is -0.444 e. The van der Waals surface area contributed by atoms with Crippen molar-refractivity contribution in [2.75, 3.05) is 0 Å². The summed E-state index contributed by atoms with van der Waals surface area (Å²) in [6.45, 7) is 21.4. The lowest BCUT2D eigenvalue weighted by Crippen LogP contribution is -2.50. The molecule has 1 aliphatic rings. The summed E-state index contributed by atoms with van der Waals surface area (Å²) in [6.07, 6.45) is -7.84. The second kappa shape index (κ2) is 9.99. The van der Waals surface area contributed by atoms with Gasteiger partial charge in [0, 0.05) is 6.42 Å². The third kappa shape index (κ3) is 6.29. The van der Waals surface area contributed by atoms with E-state index in [4.69, 9.17) is 9.47 Å². The van der Waals surface area contributed by atoms with Crippen molar-refractivity contribution in [1.29, 1.82) is 0 Å². The van der Waals surface area contributed by atoms with Crippen LogP contribution in [0.1, 0.15) is 68.7 Å². The van der Waals surface area contributed by atoms with Crippen LogP contribution >= 0.6 is 0 Å². The van der Waals surface area contributed by atoms with E-state index in [1.165, 1.54) is 6.08 Å².